The highest BCUT2D eigenvalue weighted by Gasteiger charge is 2.52. The summed E-state index contributed by atoms with van der Waals surface area (Å²) < 4.78 is 0. The molecule has 4 rings (SSSR count). The van der Waals surface area contributed by atoms with Crippen LogP contribution in [0.2, 0.25) is 0 Å². The number of carboxylic acids is 1. The van der Waals surface area contributed by atoms with Gasteiger partial charge in [0.25, 0.3) is 0 Å². The number of fused-ring (bicyclic) bond motifs is 2. The van der Waals surface area contributed by atoms with Crippen molar-refractivity contribution in [3.05, 3.63) is 0 Å². The molecule has 1 heterocycles. The molecule has 2 N–H and O–H groups in total. The summed E-state index contributed by atoms with van der Waals surface area (Å²) in [6, 6.07) is -0.243. The maximum Gasteiger partial charge on any atom is 0.321 e. The van der Waals surface area contributed by atoms with Gasteiger partial charge in [0.2, 0.25) is 0 Å². The van der Waals surface area contributed by atoms with Crippen molar-refractivity contribution >= 4 is 18.4 Å². The highest BCUT2D eigenvalue weighted by molar-refractivity contribution is 5.85. The minimum absolute atomic E-state index is 0. The molecule has 0 amide bonds. The number of aliphatic carboxylic acids is 1. The molecular weight excluding hydrogens is 214 g/mol. The monoisotopic (exact) mass is 231 g/mol. The second-order valence-electron chi connectivity index (χ2n) is 5.14. The van der Waals surface area contributed by atoms with Crippen LogP contribution in [-0.2, 0) is 4.79 Å². The second-order valence-corrected chi connectivity index (χ2v) is 5.14. The molecule has 0 aromatic carbocycles. The Labute approximate surface area is 96.0 Å². The summed E-state index contributed by atoms with van der Waals surface area (Å²) in [5.74, 6) is 2.00. The summed E-state index contributed by atoms with van der Waals surface area (Å²) in [4.78, 5) is 11.1. The first-order chi connectivity index (χ1) is 6.77. The average molecular weight is 232 g/mol. The van der Waals surface area contributed by atoms with Gasteiger partial charge >= 0.3 is 5.97 Å². The lowest BCUT2D eigenvalue weighted by Gasteiger charge is -2.46. The minimum atomic E-state index is -0.634. The number of rotatable bonds is 1. The predicted octanol–water partition coefficient (Wildman–Crippen LogP) is 1.52. The Hall–Kier alpha value is -0.280. The molecule has 0 radical (unpaired) electrons. The van der Waals surface area contributed by atoms with Crippen molar-refractivity contribution in [2.75, 3.05) is 6.54 Å². The lowest BCUT2D eigenvalue weighted by atomic mass is 9.58. The van der Waals surface area contributed by atoms with Gasteiger partial charge in [-0.1, -0.05) is 0 Å². The number of hydrogen-bond donors (Lipinski definition) is 2. The van der Waals surface area contributed by atoms with Crippen LogP contribution in [0.15, 0.2) is 0 Å². The Morgan fingerprint density at radius 3 is 2.33 bits per heavy atom. The molecule has 0 unspecified atom stereocenters. The fourth-order valence-electron chi connectivity index (χ4n) is 4.10. The van der Waals surface area contributed by atoms with Gasteiger partial charge in [0.1, 0.15) is 6.04 Å². The van der Waals surface area contributed by atoms with Gasteiger partial charge in [0, 0.05) is 0 Å². The van der Waals surface area contributed by atoms with Crippen LogP contribution in [0.5, 0.6) is 0 Å². The zero-order chi connectivity index (χ0) is 9.71. The zero-order valence-electron chi connectivity index (χ0n) is 8.69. The summed E-state index contributed by atoms with van der Waals surface area (Å²) in [6.45, 7) is 0.947. The summed E-state index contributed by atoms with van der Waals surface area (Å²) in [5.41, 5.74) is 0. The molecule has 3 aliphatic carbocycles. The maximum atomic E-state index is 11.1. The lowest BCUT2D eigenvalue weighted by molar-refractivity contribution is -0.142. The van der Waals surface area contributed by atoms with Crippen LogP contribution >= 0.6 is 12.4 Å². The Kier molecular flexibility index (Phi) is 2.95. The van der Waals surface area contributed by atoms with E-state index in [1.165, 1.54) is 25.7 Å². The van der Waals surface area contributed by atoms with E-state index >= 15 is 0 Å². The summed E-state index contributed by atoms with van der Waals surface area (Å²) in [7, 11) is 0. The highest BCUT2D eigenvalue weighted by atomic mass is 35.5. The van der Waals surface area contributed by atoms with E-state index in [1.807, 2.05) is 0 Å². The summed E-state index contributed by atoms with van der Waals surface area (Å²) in [5, 5.41) is 12.3. The van der Waals surface area contributed by atoms with Crippen LogP contribution in [-0.4, -0.2) is 23.7 Å². The van der Waals surface area contributed by atoms with Crippen LogP contribution in [0, 0.1) is 23.7 Å². The van der Waals surface area contributed by atoms with Gasteiger partial charge < -0.3 is 10.4 Å². The molecule has 1 aliphatic heterocycles. The smallest absolute Gasteiger partial charge is 0.321 e. The molecule has 4 aliphatic rings. The molecule has 4 fully saturated rings. The molecule has 0 spiro atoms. The number of carboxylic acid groups (broad SMARTS) is 1. The first kappa shape index (κ1) is 11.2. The molecular formula is C11H18ClNO2. The average Bonchev–Trinajstić information content (AvgIpc) is 2.65. The van der Waals surface area contributed by atoms with E-state index in [2.05, 4.69) is 5.32 Å². The van der Waals surface area contributed by atoms with E-state index < -0.39 is 5.97 Å². The number of halogens is 1. The first-order valence-corrected chi connectivity index (χ1v) is 5.73. The van der Waals surface area contributed by atoms with Crippen LogP contribution in [0.3, 0.4) is 0 Å². The van der Waals surface area contributed by atoms with Gasteiger partial charge in [-0.2, -0.15) is 0 Å². The molecule has 15 heavy (non-hydrogen) atoms. The largest absolute Gasteiger partial charge is 0.480 e. The van der Waals surface area contributed by atoms with Crippen molar-refractivity contribution in [2.45, 2.75) is 31.7 Å². The zero-order valence-corrected chi connectivity index (χ0v) is 9.50. The number of hydrogen-bond acceptors (Lipinski definition) is 2. The van der Waals surface area contributed by atoms with Crippen LogP contribution in [0.4, 0.5) is 0 Å². The molecule has 3 saturated carbocycles. The molecule has 86 valence electrons. The first-order valence-electron chi connectivity index (χ1n) is 5.73. The van der Waals surface area contributed by atoms with Crippen molar-refractivity contribution in [3.8, 4) is 0 Å². The highest BCUT2D eigenvalue weighted by Crippen LogP contribution is 2.51. The van der Waals surface area contributed by atoms with E-state index in [0.29, 0.717) is 17.8 Å². The van der Waals surface area contributed by atoms with E-state index in [1.54, 1.807) is 0 Å². The van der Waals surface area contributed by atoms with Gasteiger partial charge in [-0.05, 0) is 55.9 Å². The van der Waals surface area contributed by atoms with Gasteiger partial charge in [-0.15, -0.1) is 12.4 Å². The third-order valence-electron chi connectivity index (χ3n) is 4.69. The van der Waals surface area contributed by atoms with Gasteiger partial charge in [0.05, 0.1) is 0 Å². The van der Waals surface area contributed by atoms with Crippen molar-refractivity contribution in [1.82, 2.24) is 5.32 Å². The maximum absolute atomic E-state index is 11.1. The van der Waals surface area contributed by atoms with Crippen LogP contribution in [0.25, 0.3) is 0 Å². The lowest BCUT2D eigenvalue weighted by Crippen LogP contribution is -2.45. The summed E-state index contributed by atoms with van der Waals surface area (Å²) >= 11 is 0. The van der Waals surface area contributed by atoms with Crippen LogP contribution in [0.1, 0.15) is 25.7 Å². The van der Waals surface area contributed by atoms with Crippen molar-refractivity contribution in [3.63, 3.8) is 0 Å². The molecule has 0 aromatic rings. The third kappa shape index (κ3) is 1.56. The van der Waals surface area contributed by atoms with Crippen LogP contribution < -0.4 is 5.32 Å². The van der Waals surface area contributed by atoms with Gasteiger partial charge in [0.15, 0.2) is 0 Å². The number of carbonyl (C=O) groups is 1. The van der Waals surface area contributed by atoms with E-state index in [-0.39, 0.29) is 18.4 Å². The molecule has 2 bridgehead atoms. The fraction of sp³-hybridized carbons (Fsp3) is 0.909. The van der Waals surface area contributed by atoms with Crippen molar-refractivity contribution in [1.29, 1.82) is 0 Å². The van der Waals surface area contributed by atoms with Crippen molar-refractivity contribution in [2.24, 2.45) is 23.7 Å². The summed E-state index contributed by atoms with van der Waals surface area (Å²) in [6.07, 6.45) is 5.24. The Morgan fingerprint density at radius 2 is 1.73 bits per heavy atom. The topological polar surface area (TPSA) is 49.3 Å². The Bertz CT molecular complexity index is 263. The van der Waals surface area contributed by atoms with E-state index in [0.717, 1.165) is 12.5 Å². The molecule has 1 saturated heterocycles. The van der Waals surface area contributed by atoms with E-state index in [4.69, 9.17) is 5.11 Å². The molecule has 0 aromatic heterocycles. The van der Waals surface area contributed by atoms with Gasteiger partial charge in [-0.25, -0.2) is 0 Å². The Balaban J connectivity index is 0.000000853. The third-order valence-corrected chi connectivity index (χ3v) is 4.69. The SMILES string of the molecule is Cl.O=C(O)[C@@H]1NC[C@H]2C3CCC(CC3)[C@@H]12. The molecule has 4 heteroatoms. The van der Waals surface area contributed by atoms with Crippen molar-refractivity contribution < 1.29 is 9.90 Å². The Morgan fingerprint density at radius 1 is 1.13 bits per heavy atom. The molecule has 3 nitrogen and oxygen atoms in total. The number of nitrogens with one attached hydrogen (secondary N) is 1. The van der Waals surface area contributed by atoms with E-state index in [9.17, 15) is 4.79 Å². The second kappa shape index (κ2) is 3.95. The quantitative estimate of drug-likeness (QED) is 0.720. The predicted molar refractivity (Wildman–Crippen MR) is 59.1 cm³/mol. The fourth-order valence-corrected chi connectivity index (χ4v) is 4.10. The molecule has 3 atom stereocenters. The minimum Gasteiger partial charge on any atom is -0.480 e. The van der Waals surface area contributed by atoms with Gasteiger partial charge in [-0.3, -0.25) is 4.79 Å². The normalized spacial score (nSPS) is 47.1. The standard InChI is InChI=1S/C11H17NO2.ClH/c13-11(14)10-9-7-3-1-6(2-4-7)8(9)5-12-10;/h6-10,12H,1-5H2,(H,13,14);1H/t6?,7?,8-,9+,10+;/m0./s1.